The van der Waals surface area contributed by atoms with Gasteiger partial charge in [-0.3, -0.25) is 4.57 Å². The van der Waals surface area contributed by atoms with Gasteiger partial charge in [0.25, 0.3) is 0 Å². The van der Waals surface area contributed by atoms with Gasteiger partial charge in [-0.1, -0.05) is 18.2 Å². The van der Waals surface area contributed by atoms with Gasteiger partial charge in [0.2, 0.25) is 0 Å². The number of rotatable bonds is 2. The SMILES string of the molecule is O=P(O)(O)c1cccc(-n2c3cc(I)ccc3c3ccc(I)cc32)c1. The standard InChI is InChI=1S/C18H12I2NO3P/c19-11-4-6-15-16-7-5-12(20)9-18(16)21(17(15)8-11)13-2-1-3-14(10-13)25(22,23)24/h1-10H,(H2,22,23,24). The zero-order valence-corrected chi connectivity index (χ0v) is 17.9. The molecular weight excluding hydrogens is 563 g/mol. The number of fused-ring (bicyclic) bond motifs is 3. The minimum absolute atomic E-state index is 0.0243. The van der Waals surface area contributed by atoms with Crippen LogP contribution in [0.1, 0.15) is 0 Å². The van der Waals surface area contributed by atoms with Crippen LogP contribution >= 0.6 is 52.8 Å². The van der Waals surface area contributed by atoms with E-state index in [9.17, 15) is 14.4 Å². The second kappa shape index (κ2) is 6.35. The van der Waals surface area contributed by atoms with E-state index in [4.69, 9.17) is 0 Å². The Bertz CT molecular complexity index is 1120. The van der Waals surface area contributed by atoms with Gasteiger partial charge >= 0.3 is 7.60 Å². The summed E-state index contributed by atoms with van der Waals surface area (Å²) in [6.07, 6.45) is 0. The molecule has 0 amide bonds. The molecule has 7 heteroatoms. The molecule has 0 atom stereocenters. The molecule has 3 aromatic carbocycles. The van der Waals surface area contributed by atoms with Gasteiger partial charge in [0.1, 0.15) is 0 Å². The van der Waals surface area contributed by atoms with Crippen molar-refractivity contribution in [2.45, 2.75) is 0 Å². The summed E-state index contributed by atoms with van der Waals surface area (Å²) in [7, 11) is -4.30. The van der Waals surface area contributed by atoms with E-state index >= 15 is 0 Å². The van der Waals surface area contributed by atoms with Gasteiger partial charge in [-0.25, -0.2) is 0 Å². The molecule has 0 aliphatic carbocycles. The highest BCUT2D eigenvalue weighted by Gasteiger charge is 2.19. The Morgan fingerprint density at radius 2 is 1.36 bits per heavy atom. The van der Waals surface area contributed by atoms with Gasteiger partial charge in [0.05, 0.1) is 16.3 Å². The summed E-state index contributed by atoms with van der Waals surface area (Å²) in [5, 5.41) is 2.26. The summed E-state index contributed by atoms with van der Waals surface area (Å²) in [6.45, 7) is 0. The van der Waals surface area contributed by atoms with Crippen LogP contribution < -0.4 is 5.30 Å². The molecule has 1 heterocycles. The van der Waals surface area contributed by atoms with Crippen molar-refractivity contribution >= 4 is 79.9 Å². The van der Waals surface area contributed by atoms with Gasteiger partial charge in [0.15, 0.2) is 0 Å². The average molecular weight is 575 g/mol. The molecule has 0 aliphatic heterocycles. The van der Waals surface area contributed by atoms with Crippen molar-refractivity contribution < 1.29 is 14.4 Å². The lowest BCUT2D eigenvalue weighted by molar-refractivity contribution is 0.387. The molecule has 0 fully saturated rings. The number of hydrogen-bond acceptors (Lipinski definition) is 1. The minimum atomic E-state index is -4.30. The first-order valence-electron chi connectivity index (χ1n) is 7.40. The monoisotopic (exact) mass is 575 g/mol. The molecule has 2 N–H and O–H groups in total. The highest BCUT2D eigenvalue weighted by Crippen LogP contribution is 2.36. The third kappa shape index (κ3) is 3.14. The Morgan fingerprint density at radius 1 is 0.800 bits per heavy atom. The first kappa shape index (κ1) is 17.5. The van der Waals surface area contributed by atoms with E-state index in [1.165, 1.54) is 6.07 Å². The fourth-order valence-electron chi connectivity index (χ4n) is 3.06. The maximum Gasteiger partial charge on any atom is 0.356 e. The zero-order chi connectivity index (χ0) is 17.8. The summed E-state index contributed by atoms with van der Waals surface area (Å²) in [6, 6.07) is 19.1. The van der Waals surface area contributed by atoms with Crippen molar-refractivity contribution in [3.63, 3.8) is 0 Å². The number of halogens is 2. The van der Waals surface area contributed by atoms with Crippen molar-refractivity contribution in [2.24, 2.45) is 0 Å². The number of hydrogen-bond donors (Lipinski definition) is 2. The Balaban J connectivity index is 2.14. The average Bonchev–Trinajstić information content (AvgIpc) is 2.86. The summed E-state index contributed by atoms with van der Waals surface area (Å²) < 4.78 is 15.9. The largest absolute Gasteiger partial charge is 0.356 e. The highest BCUT2D eigenvalue weighted by molar-refractivity contribution is 14.1. The van der Waals surface area contributed by atoms with Crippen LogP contribution in [0.2, 0.25) is 0 Å². The number of benzene rings is 3. The van der Waals surface area contributed by atoms with Crippen LogP contribution in [0.3, 0.4) is 0 Å². The topological polar surface area (TPSA) is 62.5 Å². The molecule has 4 nitrogen and oxygen atoms in total. The van der Waals surface area contributed by atoms with E-state index in [1.807, 2.05) is 6.07 Å². The van der Waals surface area contributed by atoms with Crippen molar-refractivity contribution in [3.05, 3.63) is 67.8 Å². The Kier molecular flexibility index (Phi) is 4.44. The Morgan fingerprint density at radius 3 is 1.88 bits per heavy atom. The van der Waals surface area contributed by atoms with Crippen LogP contribution in [0.15, 0.2) is 60.7 Å². The molecule has 0 radical (unpaired) electrons. The van der Waals surface area contributed by atoms with Gasteiger partial charge in [0, 0.05) is 23.6 Å². The zero-order valence-electron chi connectivity index (χ0n) is 12.7. The molecule has 0 saturated carbocycles. The van der Waals surface area contributed by atoms with Gasteiger partial charge in [-0.15, -0.1) is 0 Å². The van der Waals surface area contributed by atoms with Gasteiger partial charge < -0.3 is 14.4 Å². The van der Waals surface area contributed by atoms with Crippen molar-refractivity contribution in [1.29, 1.82) is 0 Å². The van der Waals surface area contributed by atoms with Crippen LogP contribution in [0.25, 0.3) is 27.5 Å². The summed E-state index contributed by atoms with van der Waals surface area (Å²) >= 11 is 4.55. The molecule has 0 bridgehead atoms. The van der Waals surface area contributed by atoms with Crippen LogP contribution in [0.4, 0.5) is 0 Å². The van der Waals surface area contributed by atoms with E-state index in [2.05, 4.69) is 86.1 Å². The lowest BCUT2D eigenvalue weighted by Crippen LogP contribution is -2.06. The number of aromatic nitrogens is 1. The Labute approximate surface area is 171 Å². The smallest absolute Gasteiger partial charge is 0.321 e. The van der Waals surface area contributed by atoms with E-state index in [1.54, 1.807) is 12.1 Å². The van der Waals surface area contributed by atoms with Crippen molar-refractivity contribution in [1.82, 2.24) is 4.57 Å². The molecule has 126 valence electrons. The van der Waals surface area contributed by atoms with Crippen LogP contribution in [0.5, 0.6) is 0 Å². The van der Waals surface area contributed by atoms with Gasteiger partial charge in [-0.05, 0) is 87.6 Å². The molecule has 0 aliphatic rings. The molecule has 4 rings (SSSR count). The lowest BCUT2D eigenvalue weighted by Gasteiger charge is -2.11. The minimum Gasteiger partial charge on any atom is -0.321 e. The van der Waals surface area contributed by atoms with Crippen LogP contribution in [-0.2, 0) is 4.57 Å². The maximum absolute atomic E-state index is 11.7. The maximum atomic E-state index is 11.7. The van der Waals surface area contributed by atoms with Crippen molar-refractivity contribution in [3.8, 4) is 5.69 Å². The van der Waals surface area contributed by atoms with Crippen LogP contribution in [-0.4, -0.2) is 14.4 Å². The third-order valence-corrected chi connectivity index (χ3v) is 6.41. The quantitative estimate of drug-likeness (QED) is 0.267. The summed E-state index contributed by atoms with van der Waals surface area (Å²) in [5.41, 5.74) is 2.78. The van der Waals surface area contributed by atoms with E-state index < -0.39 is 7.60 Å². The molecule has 0 saturated heterocycles. The highest BCUT2D eigenvalue weighted by atomic mass is 127. The molecule has 0 spiro atoms. The summed E-state index contributed by atoms with van der Waals surface area (Å²) in [5.74, 6) is 0. The Hall–Kier alpha value is -0.930. The molecule has 1 aromatic heterocycles. The fourth-order valence-corrected chi connectivity index (χ4v) is 4.59. The first-order chi connectivity index (χ1) is 11.8. The molecule has 4 aromatic rings. The van der Waals surface area contributed by atoms with E-state index in [0.717, 1.165) is 34.6 Å². The summed E-state index contributed by atoms with van der Waals surface area (Å²) in [4.78, 5) is 19.1. The predicted octanol–water partition coefficient (Wildman–Crippen LogP) is 4.80. The first-order valence-corrected chi connectivity index (χ1v) is 11.2. The van der Waals surface area contributed by atoms with Crippen LogP contribution in [0, 0.1) is 7.14 Å². The predicted molar refractivity (Wildman–Crippen MR) is 118 cm³/mol. The molecule has 25 heavy (non-hydrogen) atoms. The second-order valence-corrected chi connectivity index (χ2v) is 9.82. The lowest BCUT2D eigenvalue weighted by atomic mass is 10.2. The van der Waals surface area contributed by atoms with Gasteiger partial charge in [-0.2, -0.15) is 0 Å². The molecular formula is C18H12I2NO3P. The normalized spacial score (nSPS) is 12.2. The van der Waals surface area contributed by atoms with E-state index in [0.29, 0.717) is 0 Å². The molecule has 0 unspecified atom stereocenters. The second-order valence-electron chi connectivity index (χ2n) is 5.72. The third-order valence-electron chi connectivity index (χ3n) is 4.12. The fraction of sp³-hybridized carbons (Fsp3) is 0. The number of nitrogens with zero attached hydrogens (tertiary/aromatic N) is 1. The van der Waals surface area contributed by atoms with E-state index in [-0.39, 0.29) is 5.30 Å². The van der Waals surface area contributed by atoms with Crippen molar-refractivity contribution in [2.75, 3.05) is 0 Å².